The van der Waals surface area contributed by atoms with E-state index in [-0.39, 0.29) is 18.2 Å². The fourth-order valence-corrected chi connectivity index (χ4v) is 3.24. The number of likely N-dealkylation sites (N-methyl/N-ethyl adjacent to an activating group) is 1. The van der Waals surface area contributed by atoms with Crippen LogP contribution in [0.4, 0.5) is 16.3 Å². The molecule has 0 unspecified atom stereocenters. The predicted octanol–water partition coefficient (Wildman–Crippen LogP) is 4.17. The molecule has 0 fully saturated rings. The van der Waals surface area contributed by atoms with Crippen LogP contribution in [0.2, 0.25) is 0 Å². The summed E-state index contributed by atoms with van der Waals surface area (Å²) < 4.78 is 30.0. The molecule has 0 aliphatic rings. The normalized spacial score (nSPS) is 11.6. The average molecular weight is 514 g/mol. The van der Waals surface area contributed by atoms with Gasteiger partial charge < -0.3 is 29.5 Å². The Hall–Kier alpha value is -3.99. The lowest BCUT2D eigenvalue weighted by molar-refractivity contribution is -0.149. The second-order valence-corrected chi connectivity index (χ2v) is 8.12. The van der Waals surface area contributed by atoms with Gasteiger partial charge in [0, 0.05) is 26.6 Å². The maximum atomic E-state index is 13.2. The first kappa shape index (κ1) is 27.6. The number of nitrogens with zero attached hydrogens (tertiary/aromatic N) is 4. The molecule has 1 aromatic heterocycles. The van der Waals surface area contributed by atoms with Gasteiger partial charge in [-0.2, -0.15) is 15.0 Å². The van der Waals surface area contributed by atoms with E-state index in [1.165, 1.54) is 24.3 Å². The Labute approximate surface area is 215 Å². The average Bonchev–Trinajstić information content (AvgIpc) is 2.89. The minimum absolute atomic E-state index is 0.0882. The number of carboxylic acids is 1. The van der Waals surface area contributed by atoms with Gasteiger partial charge in [0.25, 0.3) is 0 Å². The Balaban J connectivity index is 1.60. The summed E-state index contributed by atoms with van der Waals surface area (Å²) in [6, 6.07) is 12.9. The number of ether oxygens (including phenoxy) is 3. The molecular weight excluding hydrogens is 481 g/mol. The molecule has 3 rings (SSSR count). The Morgan fingerprint density at radius 1 is 1.05 bits per heavy atom. The van der Waals surface area contributed by atoms with Gasteiger partial charge in [-0.15, -0.1) is 0 Å². The van der Waals surface area contributed by atoms with Gasteiger partial charge in [-0.25, -0.2) is 9.18 Å². The van der Waals surface area contributed by atoms with Crippen molar-refractivity contribution in [2.75, 3.05) is 43.6 Å². The fraction of sp³-hybridized carbons (Fsp3) is 0.385. The number of hydrogen-bond acceptors (Lipinski definition) is 9. The van der Waals surface area contributed by atoms with Crippen LogP contribution < -0.4 is 19.7 Å². The van der Waals surface area contributed by atoms with E-state index in [1.54, 1.807) is 19.1 Å². The van der Waals surface area contributed by atoms with E-state index in [1.807, 2.05) is 31.0 Å². The van der Waals surface area contributed by atoms with Crippen LogP contribution in [0.1, 0.15) is 25.8 Å². The van der Waals surface area contributed by atoms with Crippen molar-refractivity contribution in [1.82, 2.24) is 15.0 Å². The third kappa shape index (κ3) is 8.87. The second-order valence-electron chi connectivity index (χ2n) is 8.12. The zero-order valence-corrected chi connectivity index (χ0v) is 21.2. The van der Waals surface area contributed by atoms with E-state index in [0.717, 1.165) is 12.0 Å². The third-order valence-corrected chi connectivity index (χ3v) is 5.18. The number of halogens is 1. The highest BCUT2D eigenvalue weighted by molar-refractivity contribution is 5.72. The molecule has 3 aromatic rings. The molecule has 2 N–H and O–H groups in total. The molecule has 1 heterocycles. The first-order valence-electron chi connectivity index (χ1n) is 12.1. The Morgan fingerprint density at radius 2 is 1.76 bits per heavy atom. The maximum Gasteiger partial charge on any atom is 0.333 e. The SMILES string of the molecule is CCCNc1nc(Oc2ccc(F)cc2)nc(N(C)CCOc2ccc(C[C@H](OCC)C(=O)O)cc2)n1. The fourth-order valence-electron chi connectivity index (χ4n) is 3.24. The summed E-state index contributed by atoms with van der Waals surface area (Å²) in [5.41, 5.74) is 0.844. The second kappa shape index (κ2) is 13.9. The summed E-state index contributed by atoms with van der Waals surface area (Å²) in [5.74, 6) is 0.479. The molecule has 0 saturated heterocycles. The molecule has 37 heavy (non-hydrogen) atoms. The number of anilines is 2. The quantitative estimate of drug-likeness (QED) is 0.306. The lowest BCUT2D eigenvalue weighted by Crippen LogP contribution is -2.26. The van der Waals surface area contributed by atoms with E-state index in [0.29, 0.717) is 49.7 Å². The molecule has 2 aromatic carbocycles. The van der Waals surface area contributed by atoms with E-state index in [9.17, 15) is 14.3 Å². The van der Waals surface area contributed by atoms with Crippen LogP contribution in [-0.2, 0) is 16.0 Å². The van der Waals surface area contributed by atoms with Gasteiger partial charge in [0.15, 0.2) is 6.10 Å². The Bertz CT molecular complexity index is 1130. The summed E-state index contributed by atoms with van der Waals surface area (Å²) in [4.78, 5) is 26.2. The van der Waals surface area contributed by atoms with Crippen LogP contribution in [0.25, 0.3) is 0 Å². The van der Waals surface area contributed by atoms with Crippen molar-refractivity contribution in [3.05, 3.63) is 59.9 Å². The Kier molecular flexibility index (Phi) is 10.4. The van der Waals surface area contributed by atoms with Crippen LogP contribution in [0.15, 0.2) is 48.5 Å². The van der Waals surface area contributed by atoms with Gasteiger partial charge in [-0.3, -0.25) is 0 Å². The van der Waals surface area contributed by atoms with Crippen molar-refractivity contribution in [3.63, 3.8) is 0 Å². The molecule has 0 amide bonds. The van der Waals surface area contributed by atoms with Crippen molar-refractivity contribution in [2.24, 2.45) is 0 Å². The van der Waals surface area contributed by atoms with Crippen LogP contribution >= 0.6 is 0 Å². The molecule has 1 atom stereocenters. The number of carbonyl (C=O) groups is 1. The highest BCUT2D eigenvalue weighted by atomic mass is 19.1. The summed E-state index contributed by atoms with van der Waals surface area (Å²) in [7, 11) is 1.83. The van der Waals surface area contributed by atoms with Gasteiger partial charge in [-0.05, 0) is 55.3 Å². The zero-order chi connectivity index (χ0) is 26.6. The number of nitrogens with one attached hydrogen (secondary N) is 1. The van der Waals surface area contributed by atoms with Gasteiger partial charge in [-0.1, -0.05) is 19.1 Å². The first-order valence-corrected chi connectivity index (χ1v) is 12.1. The van der Waals surface area contributed by atoms with Gasteiger partial charge in [0.05, 0.1) is 6.54 Å². The summed E-state index contributed by atoms with van der Waals surface area (Å²) in [6.45, 7) is 5.64. The van der Waals surface area contributed by atoms with Crippen molar-refractivity contribution in [2.45, 2.75) is 32.8 Å². The Morgan fingerprint density at radius 3 is 2.41 bits per heavy atom. The number of benzene rings is 2. The lowest BCUT2D eigenvalue weighted by atomic mass is 10.1. The van der Waals surface area contributed by atoms with Crippen molar-refractivity contribution >= 4 is 17.9 Å². The van der Waals surface area contributed by atoms with E-state index in [4.69, 9.17) is 14.2 Å². The monoisotopic (exact) mass is 513 g/mol. The molecular formula is C26H32FN5O5. The third-order valence-electron chi connectivity index (χ3n) is 5.18. The molecule has 198 valence electrons. The standard InChI is InChI=1S/C26H32FN5O5/c1-4-14-28-24-29-25(31-26(30-24)37-21-12-8-19(27)9-13-21)32(3)15-16-36-20-10-6-18(7-11-20)17-22(23(33)34)35-5-2/h6-13,22H,4-5,14-17H2,1-3H3,(H,33,34)(H,28,29,30,31)/t22-/m0/s1. The smallest absolute Gasteiger partial charge is 0.333 e. The predicted molar refractivity (Wildman–Crippen MR) is 137 cm³/mol. The molecule has 0 radical (unpaired) electrons. The van der Waals surface area contributed by atoms with Crippen molar-refractivity contribution in [1.29, 1.82) is 0 Å². The van der Waals surface area contributed by atoms with Crippen LogP contribution in [0, 0.1) is 5.82 Å². The number of aromatic nitrogens is 3. The van der Waals surface area contributed by atoms with Gasteiger partial charge >= 0.3 is 12.0 Å². The minimum atomic E-state index is -0.984. The molecule has 10 nitrogen and oxygen atoms in total. The van der Waals surface area contributed by atoms with Crippen LogP contribution in [0.3, 0.4) is 0 Å². The number of aliphatic carboxylic acids is 1. The van der Waals surface area contributed by atoms with Crippen molar-refractivity contribution < 1.29 is 28.5 Å². The zero-order valence-electron chi connectivity index (χ0n) is 21.2. The molecule has 0 saturated carbocycles. The minimum Gasteiger partial charge on any atom is -0.492 e. The number of hydrogen-bond donors (Lipinski definition) is 2. The molecule has 0 spiro atoms. The van der Waals surface area contributed by atoms with Crippen LogP contribution in [-0.4, -0.2) is 65.5 Å². The van der Waals surface area contributed by atoms with E-state index in [2.05, 4.69) is 20.3 Å². The molecule has 0 bridgehead atoms. The summed E-state index contributed by atoms with van der Waals surface area (Å²) >= 11 is 0. The van der Waals surface area contributed by atoms with E-state index < -0.39 is 12.1 Å². The highest BCUT2D eigenvalue weighted by Gasteiger charge is 2.18. The molecule has 0 aliphatic heterocycles. The van der Waals surface area contributed by atoms with Crippen molar-refractivity contribution in [3.8, 4) is 17.5 Å². The highest BCUT2D eigenvalue weighted by Crippen LogP contribution is 2.21. The summed E-state index contributed by atoms with van der Waals surface area (Å²) in [6.07, 6.45) is 0.294. The maximum absolute atomic E-state index is 13.2. The van der Waals surface area contributed by atoms with E-state index >= 15 is 0 Å². The largest absolute Gasteiger partial charge is 0.492 e. The molecule has 0 aliphatic carbocycles. The van der Waals surface area contributed by atoms with Crippen LogP contribution in [0.5, 0.6) is 17.5 Å². The molecule has 11 heteroatoms. The lowest BCUT2D eigenvalue weighted by Gasteiger charge is -2.19. The van der Waals surface area contributed by atoms with Gasteiger partial charge in [0.2, 0.25) is 11.9 Å². The number of rotatable bonds is 15. The first-order chi connectivity index (χ1) is 17.9. The number of carboxylic acid groups (broad SMARTS) is 1. The summed E-state index contributed by atoms with van der Waals surface area (Å²) in [5, 5.41) is 12.4. The van der Waals surface area contributed by atoms with Gasteiger partial charge in [0.1, 0.15) is 23.9 Å². The topological polar surface area (TPSA) is 119 Å².